The van der Waals surface area contributed by atoms with E-state index < -0.39 is 0 Å². The molecule has 0 radical (unpaired) electrons. The molecule has 0 spiro atoms. The van der Waals surface area contributed by atoms with E-state index in [1.165, 1.54) is 45.2 Å². The van der Waals surface area contributed by atoms with Crippen molar-refractivity contribution in [2.24, 2.45) is 11.8 Å². The Bertz CT molecular complexity index is 180. The molecule has 0 saturated carbocycles. The SMILES string of the molecule is CCCC1CCCCN1CC(CBr)C(C)C. The minimum atomic E-state index is 0.795. The van der Waals surface area contributed by atoms with E-state index in [0.717, 1.165) is 23.2 Å². The molecule has 0 amide bonds. The Morgan fingerprint density at radius 2 is 2.06 bits per heavy atom. The van der Waals surface area contributed by atoms with Gasteiger partial charge in [0, 0.05) is 17.9 Å². The van der Waals surface area contributed by atoms with Crippen molar-refractivity contribution in [3.63, 3.8) is 0 Å². The predicted molar refractivity (Wildman–Crippen MR) is 76.2 cm³/mol. The van der Waals surface area contributed by atoms with Crippen LogP contribution in [0.4, 0.5) is 0 Å². The third-order valence-corrected chi connectivity index (χ3v) is 4.81. The quantitative estimate of drug-likeness (QED) is 0.659. The highest BCUT2D eigenvalue weighted by Gasteiger charge is 2.24. The molecule has 1 aliphatic rings. The Labute approximate surface area is 110 Å². The summed E-state index contributed by atoms with van der Waals surface area (Å²) in [5.41, 5.74) is 0. The molecule has 96 valence electrons. The molecule has 1 fully saturated rings. The van der Waals surface area contributed by atoms with Gasteiger partial charge in [0.25, 0.3) is 0 Å². The van der Waals surface area contributed by atoms with Crippen LogP contribution >= 0.6 is 15.9 Å². The molecule has 1 saturated heterocycles. The first-order chi connectivity index (χ1) is 7.69. The van der Waals surface area contributed by atoms with Gasteiger partial charge in [-0.05, 0) is 37.6 Å². The number of rotatable bonds is 6. The molecule has 1 nitrogen and oxygen atoms in total. The molecule has 16 heavy (non-hydrogen) atoms. The molecule has 0 aliphatic carbocycles. The second-order valence-corrected chi connectivity index (χ2v) is 6.24. The second kappa shape index (κ2) is 7.71. The lowest BCUT2D eigenvalue weighted by atomic mass is 9.93. The van der Waals surface area contributed by atoms with Gasteiger partial charge in [0.05, 0.1) is 0 Å². The molecule has 1 aliphatic heterocycles. The molecule has 2 heteroatoms. The third-order valence-electron chi connectivity index (χ3n) is 3.98. The number of nitrogens with zero attached hydrogens (tertiary/aromatic N) is 1. The van der Waals surface area contributed by atoms with E-state index in [2.05, 4.69) is 41.6 Å². The Balaban J connectivity index is 2.47. The van der Waals surface area contributed by atoms with Crippen molar-refractivity contribution < 1.29 is 0 Å². The molecular weight excluding hydrogens is 262 g/mol. The molecule has 1 rings (SSSR count). The van der Waals surface area contributed by atoms with Crippen LogP contribution in [0.25, 0.3) is 0 Å². The van der Waals surface area contributed by atoms with Gasteiger partial charge in [-0.2, -0.15) is 0 Å². The molecule has 1 heterocycles. The van der Waals surface area contributed by atoms with E-state index in [4.69, 9.17) is 0 Å². The maximum Gasteiger partial charge on any atom is 0.00952 e. The standard InChI is InChI=1S/C14H28BrN/c1-4-7-14-8-5-6-9-16(14)11-13(10-15)12(2)3/h12-14H,4-11H2,1-3H3. The van der Waals surface area contributed by atoms with Crippen LogP contribution in [0, 0.1) is 11.8 Å². The average Bonchev–Trinajstić information content (AvgIpc) is 2.27. The van der Waals surface area contributed by atoms with Gasteiger partial charge in [-0.1, -0.05) is 49.5 Å². The normalized spacial score (nSPS) is 24.9. The number of halogens is 1. The van der Waals surface area contributed by atoms with E-state index in [1.807, 2.05) is 0 Å². The summed E-state index contributed by atoms with van der Waals surface area (Å²) in [4.78, 5) is 2.76. The third kappa shape index (κ3) is 4.37. The first kappa shape index (κ1) is 14.5. The van der Waals surface area contributed by atoms with E-state index >= 15 is 0 Å². The van der Waals surface area contributed by atoms with Crippen molar-refractivity contribution in [1.82, 2.24) is 4.90 Å². The fourth-order valence-electron chi connectivity index (χ4n) is 2.70. The highest BCUT2D eigenvalue weighted by atomic mass is 79.9. The summed E-state index contributed by atoms with van der Waals surface area (Å²) in [5.74, 6) is 1.61. The van der Waals surface area contributed by atoms with Crippen LogP contribution in [0.3, 0.4) is 0 Å². The molecular formula is C14H28BrN. The molecule has 0 aromatic carbocycles. The Morgan fingerprint density at radius 3 is 2.62 bits per heavy atom. The van der Waals surface area contributed by atoms with Crippen LogP contribution < -0.4 is 0 Å². The van der Waals surface area contributed by atoms with E-state index in [0.29, 0.717) is 0 Å². The summed E-state index contributed by atoms with van der Waals surface area (Å²) in [7, 11) is 0. The van der Waals surface area contributed by atoms with Gasteiger partial charge in [0.1, 0.15) is 0 Å². The van der Waals surface area contributed by atoms with E-state index in [9.17, 15) is 0 Å². The van der Waals surface area contributed by atoms with Crippen LogP contribution in [-0.2, 0) is 0 Å². The van der Waals surface area contributed by atoms with Gasteiger partial charge in [-0.15, -0.1) is 0 Å². The van der Waals surface area contributed by atoms with Crippen LogP contribution in [-0.4, -0.2) is 29.4 Å². The average molecular weight is 290 g/mol. The Hall–Kier alpha value is 0.440. The lowest BCUT2D eigenvalue weighted by Crippen LogP contribution is -2.43. The maximum absolute atomic E-state index is 3.68. The summed E-state index contributed by atoms with van der Waals surface area (Å²) in [5, 5.41) is 1.15. The molecule has 2 atom stereocenters. The lowest BCUT2D eigenvalue weighted by molar-refractivity contribution is 0.112. The summed E-state index contributed by atoms with van der Waals surface area (Å²) in [6, 6.07) is 0.874. The van der Waals surface area contributed by atoms with Gasteiger partial charge in [-0.25, -0.2) is 0 Å². The minimum absolute atomic E-state index is 0.795. The maximum atomic E-state index is 3.68. The number of hydrogen-bond donors (Lipinski definition) is 0. The van der Waals surface area contributed by atoms with Crippen molar-refractivity contribution >= 4 is 15.9 Å². The summed E-state index contributed by atoms with van der Waals surface area (Å²) < 4.78 is 0. The molecule has 0 aromatic heterocycles. The van der Waals surface area contributed by atoms with Crippen molar-refractivity contribution in [2.45, 2.75) is 58.9 Å². The zero-order valence-electron chi connectivity index (χ0n) is 11.2. The number of hydrogen-bond acceptors (Lipinski definition) is 1. The van der Waals surface area contributed by atoms with Crippen LogP contribution in [0.15, 0.2) is 0 Å². The van der Waals surface area contributed by atoms with Crippen molar-refractivity contribution in [2.75, 3.05) is 18.4 Å². The van der Waals surface area contributed by atoms with Gasteiger partial charge < -0.3 is 4.90 Å². The highest BCUT2D eigenvalue weighted by Crippen LogP contribution is 2.24. The monoisotopic (exact) mass is 289 g/mol. The molecule has 0 bridgehead atoms. The van der Waals surface area contributed by atoms with Crippen molar-refractivity contribution in [3.05, 3.63) is 0 Å². The molecule has 0 N–H and O–H groups in total. The zero-order valence-corrected chi connectivity index (χ0v) is 12.8. The fraction of sp³-hybridized carbons (Fsp3) is 1.00. The second-order valence-electron chi connectivity index (χ2n) is 5.59. The summed E-state index contributed by atoms with van der Waals surface area (Å²) in [6.45, 7) is 9.65. The highest BCUT2D eigenvalue weighted by molar-refractivity contribution is 9.09. The van der Waals surface area contributed by atoms with E-state index in [-0.39, 0.29) is 0 Å². The van der Waals surface area contributed by atoms with Crippen LogP contribution in [0.1, 0.15) is 52.9 Å². The smallest absolute Gasteiger partial charge is 0.00952 e. The largest absolute Gasteiger partial charge is 0.300 e. The summed E-state index contributed by atoms with van der Waals surface area (Å²) >= 11 is 3.68. The van der Waals surface area contributed by atoms with Gasteiger partial charge in [0.15, 0.2) is 0 Å². The predicted octanol–water partition coefficient (Wildman–Crippen LogP) is 4.31. The van der Waals surface area contributed by atoms with Crippen molar-refractivity contribution in [1.29, 1.82) is 0 Å². The Morgan fingerprint density at radius 1 is 1.31 bits per heavy atom. The van der Waals surface area contributed by atoms with Gasteiger partial charge in [-0.3, -0.25) is 0 Å². The molecule has 2 unspecified atom stereocenters. The number of likely N-dealkylation sites (tertiary alicyclic amines) is 1. The first-order valence-electron chi connectivity index (χ1n) is 6.99. The van der Waals surface area contributed by atoms with Crippen LogP contribution in [0.5, 0.6) is 0 Å². The van der Waals surface area contributed by atoms with Crippen LogP contribution in [0.2, 0.25) is 0 Å². The van der Waals surface area contributed by atoms with Gasteiger partial charge >= 0.3 is 0 Å². The first-order valence-corrected chi connectivity index (χ1v) is 8.11. The summed E-state index contributed by atoms with van der Waals surface area (Å²) in [6.07, 6.45) is 7.02. The minimum Gasteiger partial charge on any atom is -0.300 e. The van der Waals surface area contributed by atoms with Crippen molar-refractivity contribution in [3.8, 4) is 0 Å². The number of alkyl halides is 1. The number of piperidine rings is 1. The van der Waals surface area contributed by atoms with Gasteiger partial charge in [0.2, 0.25) is 0 Å². The Kier molecular flexibility index (Phi) is 6.98. The lowest BCUT2D eigenvalue weighted by Gasteiger charge is -2.38. The zero-order chi connectivity index (χ0) is 12.0. The molecule has 0 aromatic rings. The topological polar surface area (TPSA) is 3.24 Å². The van der Waals surface area contributed by atoms with E-state index in [1.54, 1.807) is 0 Å². The fourth-order valence-corrected chi connectivity index (χ4v) is 3.65.